The molecule has 0 aliphatic heterocycles. The molecular formula is C19H29NO5. The van der Waals surface area contributed by atoms with Gasteiger partial charge in [0.1, 0.15) is 17.8 Å². The Kier molecular flexibility index (Phi) is 8.38. The third-order valence-electron chi connectivity index (χ3n) is 3.55. The van der Waals surface area contributed by atoms with Gasteiger partial charge in [0.2, 0.25) is 0 Å². The molecule has 25 heavy (non-hydrogen) atoms. The number of hydrogen-bond acceptors (Lipinski definition) is 5. The molecule has 1 atom stereocenters. The number of nitrogens with one attached hydrogen (secondary N) is 1. The van der Waals surface area contributed by atoms with E-state index >= 15 is 0 Å². The van der Waals surface area contributed by atoms with Crippen molar-refractivity contribution in [2.45, 2.75) is 71.3 Å². The van der Waals surface area contributed by atoms with Crippen LogP contribution in [0, 0.1) is 0 Å². The summed E-state index contributed by atoms with van der Waals surface area (Å²) in [6.07, 6.45) is 3.43. The number of Topliss-reactive ketones (excluding diaryl/α,β-unsaturated/α-hetero) is 1. The Hall–Kier alpha value is -2.11. The number of H-pyrrole nitrogens is 1. The molecule has 0 aromatic carbocycles. The SMILES string of the molecule is CCOC(=O)CC(CCCC(=O)CC(=O)OC(C)(C)C)c1ccc[nH]1. The molecule has 0 radical (unpaired) electrons. The summed E-state index contributed by atoms with van der Waals surface area (Å²) in [5, 5.41) is 0. The molecule has 0 saturated heterocycles. The highest BCUT2D eigenvalue weighted by molar-refractivity contribution is 5.95. The fourth-order valence-electron chi connectivity index (χ4n) is 2.56. The highest BCUT2D eigenvalue weighted by Crippen LogP contribution is 2.25. The summed E-state index contributed by atoms with van der Waals surface area (Å²) in [6.45, 7) is 7.44. The summed E-state index contributed by atoms with van der Waals surface area (Å²) in [5.74, 6) is -0.911. The van der Waals surface area contributed by atoms with Gasteiger partial charge < -0.3 is 14.5 Å². The first-order valence-corrected chi connectivity index (χ1v) is 8.73. The molecule has 140 valence electrons. The highest BCUT2D eigenvalue weighted by atomic mass is 16.6. The van der Waals surface area contributed by atoms with E-state index in [1.165, 1.54) is 0 Å². The monoisotopic (exact) mass is 351 g/mol. The standard InChI is InChI=1S/C19H29NO5/c1-5-24-17(22)12-14(16-10-7-11-20-16)8-6-9-15(21)13-18(23)25-19(2,3)4/h7,10-11,14,20H,5-6,8-9,12-13H2,1-4H3. The number of aromatic nitrogens is 1. The van der Waals surface area contributed by atoms with Gasteiger partial charge in [-0.1, -0.05) is 0 Å². The van der Waals surface area contributed by atoms with E-state index in [0.29, 0.717) is 25.9 Å². The van der Waals surface area contributed by atoms with Crippen molar-refractivity contribution in [2.75, 3.05) is 6.61 Å². The molecule has 0 aliphatic rings. The first-order chi connectivity index (χ1) is 11.7. The number of carbonyl (C=O) groups is 3. The zero-order valence-electron chi connectivity index (χ0n) is 15.6. The van der Waals surface area contributed by atoms with Gasteiger partial charge in [-0.2, -0.15) is 0 Å². The Morgan fingerprint density at radius 2 is 1.92 bits per heavy atom. The fraction of sp³-hybridized carbons (Fsp3) is 0.632. The van der Waals surface area contributed by atoms with E-state index < -0.39 is 11.6 Å². The largest absolute Gasteiger partial charge is 0.466 e. The van der Waals surface area contributed by atoms with Crippen molar-refractivity contribution in [3.8, 4) is 0 Å². The lowest BCUT2D eigenvalue weighted by Crippen LogP contribution is -2.25. The van der Waals surface area contributed by atoms with Gasteiger partial charge in [-0.15, -0.1) is 0 Å². The minimum Gasteiger partial charge on any atom is -0.466 e. The normalized spacial score (nSPS) is 12.5. The van der Waals surface area contributed by atoms with E-state index in [1.54, 1.807) is 33.9 Å². The lowest BCUT2D eigenvalue weighted by molar-refractivity contribution is -0.156. The van der Waals surface area contributed by atoms with Crippen LogP contribution in [0.1, 0.15) is 71.4 Å². The van der Waals surface area contributed by atoms with Crippen LogP contribution < -0.4 is 0 Å². The quantitative estimate of drug-likeness (QED) is 0.515. The molecule has 0 bridgehead atoms. The highest BCUT2D eigenvalue weighted by Gasteiger charge is 2.21. The van der Waals surface area contributed by atoms with Crippen LogP contribution in [0.5, 0.6) is 0 Å². The van der Waals surface area contributed by atoms with Crippen LogP contribution in [0.3, 0.4) is 0 Å². The smallest absolute Gasteiger partial charge is 0.313 e. The predicted molar refractivity (Wildman–Crippen MR) is 94.1 cm³/mol. The maximum atomic E-state index is 11.9. The van der Waals surface area contributed by atoms with E-state index in [1.807, 2.05) is 12.1 Å². The molecular weight excluding hydrogens is 322 g/mol. The Bertz CT molecular complexity index is 557. The number of hydrogen-bond donors (Lipinski definition) is 1. The molecule has 0 aliphatic carbocycles. The second kappa shape index (κ2) is 10.0. The van der Waals surface area contributed by atoms with Crippen molar-refractivity contribution < 1.29 is 23.9 Å². The minimum atomic E-state index is -0.588. The molecule has 6 nitrogen and oxygen atoms in total. The van der Waals surface area contributed by atoms with Crippen LogP contribution in [0.25, 0.3) is 0 Å². The summed E-state index contributed by atoms with van der Waals surface area (Å²) in [6, 6.07) is 3.80. The zero-order chi connectivity index (χ0) is 18.9. The molecule has 0 fully saturated rings. The van der Waals surface area contributed by atoms with E-state index in [4.69, 9.17) is 9.47 Å². The van der Waals surface area contributed by atoms with E-state index in [9.17, 15) is 14.4 Å². The first kappa shape index (κ1) is 20.9. The van der Waals surface area contributed by atoms with Gasteiger partial charge in [-0.05, 0) is 52.7 Å². The maximum Gasteiger partial charge on any atom is 0.313 e. The van der Waals surface area contributed by atoms with Gasteiger partial charge in [0.25, 0.3) is 0 Å². The average molecular weight is 351 g/mol. The summed E-state index contributed by atoms with van der Waals surface area (Å²) in [4.78, 5) is 38.5. The second-order valence-corrected chi connectivity index (χ2v) is 7.03. The van der Waals surface area contributed by atoms with Crippen molar-refractivity contribution >= 4 is 17.7 Å². The van der Waals surface area contributed by atoms with Crippen molar-refractivity contribution in [3.63, 3.8) is 0 Å². The predicted octanol–water partition coefficient (Wildman–Crippen LogP) is 3.52. The Morgan fingerprint density at radius 3 is 2.48 bits per heavy atom. The van der Waals surface area contributed by atoms with Crippen molar-refractivity contribution in [1.82, 2.24) is 4.98 Å². The van der Waals surface area contributed by atoms with Gasteiger partial charge in [0.05, 0.1) is 13.0 Å². The van der Waals surface area contributed by atoms with Gasteiger partial charge in [0, 0.05) is 24.2 Å². The number of aromatic amines is 1. The number of carbonyl (C=O) groups excluding carboxylic acids is 3. The van der Waals surface area contributed by atoms with Gasteiger partial charge in [0.15, 0.2) is 0 Å². The van der Waals surface area contributed by atoms with Crippen molar-refractivity contribution in [3.05, 3.63) is 24.0 Å². The minimum absolute atomic E-state index is 0.0247. The molecule has 1 aromatic heterocycles. The van der Waals surface area contributed by atoms with E-state index in [-0.39, 0.29) is 30.5 Å². The first-order valence-electron chi connectivity index (χ1n) is 8.73. The number of esters is 2. The van der Waals surface area contributed by atoms with E-state index in [2.05, 4.69) is 4.98 Å². The number of ketones is 1. The molecule has 1 heterocycles. The molecule has 0 amide bonds. The molecule has 6 heteroatoms. The van der Waals surface area contributed by atoms with Gasteiger partial charge in [-0.3, -0.25) is 14.4 Å². The van der Waals surface area contributed by atoms with Gasteiger partial charge >= 0.3 is 11.9 Å². The van der Waals surface area contributed by atoms with E-state index in [0.717, 1.165) is 5.69 Å². The zero-order valence-corrected chi connectivity index (χ0v) is 15.6. The third-order valence-corrected chi connectivity index (χ3v) is 3.55. The van der Waals surface area contributed by atoms with Crippen molar-refractivity contribution in [1.29, 1.82) is 0 Å². The summed E-state index contributed by atoms with van der Waals surface area (Å²) in [7, 11) is 0. The van der Waals surface area contributed by atoms with Crippen LogP contribution in [-0.2, 0) is 23.9 Å². The Morgan fingerprint density at radius 1 is 1.20 bits per heavy atom. The summed E-state index contributed by atoms with van der Waals surface area (Å²) >= 11 is 0. The summed E-state index contributed by atoms with van der Waals surface area (Å²) in [5.41, 5.74) is 0.364. The molecule has 1 aromatic rings. The van der Waals surface area contributed by atoms with Crippen LogP contribution in [-0.4, -0.2) is 34.9 Å². The molecule has 1 unspecified atom stereocenters. The van der Waals surface area contributed by atoms with Crippen molar-refractivity contribution in [2.24, 2.45) is 0 Å². The molecule has 1 rings (SSSR count). The lowest BCUT2D eigenvalue weighted by atomic mass is 9.94. The van der Waals surface area contributed by atoms with Crippen LogP contribution >= 0.6 is 0 Å². The van der Waals surface area contributed by atoms with Crippen LogP contribution in [0.15, 0.2) is 18.3 Å². The molecule has 0 saturated carbocycles. The molecule has 0 spiro atoms. The molecule has 1 N–H and O–H groups in total. The van der Waals surface area contributed by atoms with Gasteiger partial charge in [-0.25, -0.2) is 0 Å². The number of rotatable bonds is 10. The number of ether oxygens (including phenoxy) is 2. The maximum absolute atomic E-state index is 11.9. The average Bonchev–Trinajstić information content (AvgIpc) is 2.98. The Labute approximate surface area is 149 Å². The second-order valence-electron chi connectivity index (χ2n) is 7.03. The van der Waals surface area contributed by atoms with Crippen LogP contribution in [0.2, 0.25) is 0 Å². The third kappa shape index (κ3) is 9.08. The lowest BCUT2D eigenvalue weighted by Gasteiger charge is -2.19. The summed E-state index contributed by atoms with van der Waals surface area (Å²) < 4.78 is 10.2. The topological polar surface area (TPSA) is 85.5 Å². The van der Waals surface area contributed by atoms with Crippen LogP contribution in [0.4, 0.5) is 0 Å². The fourth-order valence-corrected chi connectivity index (χ4v) is 2.56. The Balaban J connectivity index is 2.45.